The van der Waals surface area contributed by atoms with Gasteiger partial charge in [-0.1, -0.05) is 6.07 Å². The van der Waals surface area contributed by atoms with Gasteiger partial charge in [0.2, 0.25) is 5.91 Å². The van der Waals surface area contributed by atoms with Gasteiger partial charge in [0, 0.05) is 17.7 Å². The van der Waals surface area contributed by atoms with Crippen LogP contribution >= 0.6 is 11.8 Å². The minimum absolute atomic E-state index is 0.161. The van der Waals surface area contributed by atoms with E-state index < -0.39 is 6.04 Å². The maximum absolute atomic E-state index is 11.9. The Morgan fingerprint density at radius 3 is 3.00 bits per heavy atom. The van der Waals surface area contributed by atoms with Gasteiger partial charge in [0.15, 0.2) is 5.78 Å². The first-order valence-corrected chi connectivity index (χ1v) is 8.22. The summed E-state index contributed by atoms with van der Waals surface area (Å²) < 4.78 is 0. The second kappa shape index (κ2) is 6.90. The zero-order valence-corrected chi connectivity index (χ0v) is 12.5. The zero-order chi connectivity index (χ0) is 14.5. The van der Waals surface area contributed by atoms with E-state index in [0.29, 0.717) is 18.5 Å². The number of hydrogen-bond donors (Lipinski definition) is 2. The van der Waals surface area contributed by atoms with Crippen molar-refractivity contribution in [3.05, 3.63) is 29.3 Å². The molecule has 0 saturated heterocycles. The SMILES string of the molecule is CSCC[C@H](N)C(=O)Nc1ccc2c(c1)C(=O)CCC2. The van der Waals surface area contributed by atoms with Gasteiger partial charge in [-0.05, 0) is 49.0 Å². The molecule has 1 atom stereocenters. The van der Waals surface area contributed by atoms with Crippen LogP contribution in [0.2, 0.25) is 0 Å². The largest absolute Gasteiger partial charge is 0.325 e. The molecule has 1 aliphatic rings. The minimum Gasteiger partial charge on any atom is -0.325 e. The first-order chi connectivity index (χ1) is 9.61. The number of rotatable bonds is 5. The lowest BCUT2D eigenvalue weighted by Gasteiger charge is -2.17. The van der Waals surface area contributed by atoms with Crippen molar-refractivity contribution in [3.8, 4) is 0 Å². The number of thioether (sulfide) groups is 1. The molecule has 2 rings (SSSR count). The third-order valence-electron chi connectivity index (χ3n) is 3.50. The van der Waals surface area contributed by atoms with Crippen LogP contribution in [0.1, 0.15) is 35.2 Å². The fraction of sp³-hybridized carbons (Fsp3) is 0.467. The number of carbonyl (C=O) groups excluding carboxylic acids is 2. The Labute approximate surface area is 123 Å². The fourth-order valence-electron chi connectivity index (χ4n) is 2.32. The van der Waals surface area contributed by atoms with Crippen molar-refractivity contribution in [2.45, 2.75) is 31.7 Å². The second-order valence-corrected chi connectivity index (χ2v) is 6.01. The van der Waals surface area contributed by atoms with Gasteiger partial charge in [-0.15, -0.1) is 0 Å². The molecule has 1 amide bonds. The van der Waals surface area contributed by atoms with Gasteiger partial charge in [0.1, 0.15) is 0 Å². The number of Topliss-reactive ketones (excluding diaryl/α,β-unsaturated/α-hetero) is 1. The van der Waals surface area contributed by atoms with E-state index in [1.807, 2.05) is 18.4 Å². The summed E-state index contributed by atoms with van der Waals surface area (Å²) in [5.74, 6) is 0.827. The molecular formula is C15H20N2O2S. The van der Waals surface area contributed by atoms with Gasteiger partial charge in [-0.2, -0.15) is 11.8 Å². The normalized spacial score (nSPS) is 15.6. The number of carbonyl (C=O) groups is 2. The predicted octanol–water partition coefficient (Wildman–Crippen LogP) is 2.22. The van der Waals surface area contributed by atoms with E-state index in [9.17, 15) is 9.59 Å². The summed E-state index contributed by atoms with van der Waals surface area (Å²) in [4.78, 5) is 23.8. The molecule has 20 heavy (non-hydrogen) atoms. The van der Waals surface area contributed by atoms with Gasteiger partial charge in [0.05, 0.1) is 6.04 Å². The highest BCUT2D eigenvalue weighted by molar-refractivity contribution is 7.98. The number of benzene rings is 1. The number of anilines is 1. The Morgan fingerprint density at radius 2 is 2.25 bits per heavy atom. The first-order valence-electron chi connectivity index (χ1n) is 6.83. The molecule has 108 valence electrons. The van der Waals surface area contributed by atoms with E-state index in [1.165, 1.54) is 0 Å². The molecule has 0 aromatic heterocycles. The molecule has 1 aromatic rings. The van der Waals surface area contributed by atoms with Crippen molar-refractivity contribution in [1.29, 1.82) is 0 Å². The van der Waals surface area contributed by atoms with E-state index in [0.717, 1.165) is 29.7 Å². The van der Waals surface area contributed by atoms with Crippen LogP contribution in [-0.4, -0.2) is 29.7 Å². The molecule has 0 spiro atoms. The average molecular weight is 292 g/mol. The van der Waals surface area contributed by atoms with Crippen molar-refractivity contribution in [3.63, 3.8) is 0 Å². The Kier molecular flexibility index (Phi) is 5.20. The molecule has 1 aromatic carbocycles. The zero-order valence-electron chi connectivity index (χ0n) is 11.6. The lowest BCUT2D eigenvalue weighted by Crippen LogP contribution is -2.36. The van der Waals surface area contributed by atoms with Crippen molar-refractivity contribution in [2.24, 2.45) is 5.73 Å². The summed E-state index contributed by atoms with van der Waals surface area (Å²) in [5, 5.41) is 2.80. The molecule has 0 unspecified atom stereocenters. The maximum Gasteiger partial charge on any atom is 0.241 e. The van der Waals surface area contributed by atoms with E-state index >= 15 is 0 Å². The number of aryl methyl sites for hydroxylation is 1. The number of nitrogens with two attached hydrogens (primary N) is 1. The quantitative estimate of drug-likeness (QED) is 0.873. The predicted molar refractivity (Wildman–Crippen MR) is 83.3 cm³/mol. The summed E-state index contributed by atoms with van der Waals surface area (Å²) in [7, 11) is 0. The van der Waals surface area contributed by atoms with Crippen LogP contribution in [0.15, 0.2) is 18.2 Å². The van der Waals surface area contributed by atoms with Crippen LogP contribution in [0, 0.1) is 0 Å². The number of nitrogens with one attached hydrogen (secondary N) is 1. The smallest absolute Gasteiger partial charge is 0.241 e. The van der Waals surface area contributed by atoms with E-state index in [1.54, 1.807) is 17.8 Å². The Bertz CT molecular complexity index is 517. The molecule has 3 N–H and O–H groups in total. The molecular weight excluding hydrogens is 272 g/mol. The van der Waals surface area contributed by atoms with Gasteiger partial charge >= 0.3 is 0 Å². The van der Waals surface area contributed by atoms with Gasteiger partial charge in [-0.3, -0.25) is 9.59 Å². The molecule has 0 aliphatic heterocycles. The highest BCUT2D eigenvalue weighted by Gasteiger charge is 2.18. The van der Waals surface area contributed by atoms with E-state index in [-0.39, 0.29) is 11.7 Å². The lowest BCUT2D eigenvalue weighted by atomic mass is 9.90. The Balaban J connectivity index is 2.05. The summed E-state index contributed by atoms with van der Waals surface area (Å²) in [6.07, 6.45) is 5.08. The van der Waals surface area contributed by atoms with Crippen molar-refractivity contribution >= 4 is 29.1 Å². The van der Waals surface area contributed by atoms with Crippen LogP contribution in [0.4, 0.5) is 5.69 Å². The van der Waals surface area contributed by atoms with Crippen LogP contribution in [0.5, 0.6) is 0 Å². The van der Waals surface area contributed by atoms with Crippen LogP contribution in [-0.2, 0) is 11.2 Å². The first kappa shape index (κ1) is 15.1. The Hall–Kier alpha value is -1.33. The molecule has 0 saturated carbocycles. The number of hydrogen-bond acceptors (Lipinski definition) is 4. The molecule has 0 fully saturated rings. The van der Waals surface area contributed by atoms with Crippen LogP contribution < -0.4 is 11.1 Å². The lowest BCUT2D eigenvalue weighted by molar-refractivity contribution is -0.117. The molecule has 5 heteroatoms. The highest BCUT2D eigenvalue weighted by atomic mass is 32.2. The molecule has 4 nitrogen and oxygen atoms in total. The standard InChI is InChI=1S/C15H20N2O2S/c1-20-8-7-13(16)15(19)17-11-6-5-10-3-2-4-14(18)12(10)9-11/h5-6,9,13H,2-4,7-8,16H2,1H3,(H,17,19)/t13-/m0/s1. The van der Waals surface area contributed by atoms with Crippen LogP contribution in [0.3, 0.4) is 0 Å². The summed E-state index contributed by atoms with van der Waals surface area (Å²) >= 11 is 1.67. The van der Waals surface area contributed by atoms with Gasteiger partial charge in [-0.25, -0.2) is 0 Å². The fourth-order valence-corrected chi connectivity index (χ4v) is 2.81. The third kappa shape index (κ3) is 3.61. The monoisotopic (exact) mass is 292 g/mol. The maximum atomic E-state index is 11.9. The summed E-state index contributed by atoms with van der Waals surface area (Å²) in [6.45, 7) is 0. The topological polar surface area (TPSA) is 72.2 Å². The summed E-state index contributed by atoms with van der Waals surface area (Å²) in [5.41, 5.74) is 8.30. The van der Waals surface area contributed by atoms with E-state index in [4.69, 9.17) is 5.73 Å². The Morgan fingerprint density at radius 1 is 1.45 bits per heavy atom. The minimum atomic E-state index is -0.505. The molecule has 0 bridgehead atoms. The number of fused-ring (bicyclic) bond motifs is 1. The van der Waals surface area contributed by atoms with Gasteiger partial charge in [0.25, 0.3) is 0 Å². The van der Waals surface area contributed by atoms with Crippen molar-refractivity contribution in [1.82, 2.24) is 0 Å². The molecule has 0 heterocycles. The molecule has 0 radical (unpaired) electrons. The molecule has 1 aliphatic carbocycles. The highest BCUT2D eigenvalue weighted by Crippen LogP contribution is 2.24. The van der Waals surface area contributed by atoms with Crippen molar-refractivity contribution < 1.29 is 9.59 Å². The number of ketones is 1. The number of amides is 1. The second-order valence-electron chi connectivity index (χ2n) is 5.03. The summed E-state index contributed by atoms with van der Waals surface area (Å²) in [6, 6.07) is 5.04. The van der Waals surface area contributed by atoms with E-state index in [2.05, 4.69) is 5.32 Å². The van der Waals surface area contributed by atoms with Crippen molar-refractivity contribution in [2.75, 3.05) is 17.3 Å². The van der Waals surface area contributed by atoms with Gasteiger partial charge < -0.3 is 11.1 Å². The average Bonchev–Trinajstić information content (AvgIpc) is 2.45. The third-order valence-corrected chi connectivity index (χ3v) is 4.14. The van der Waals surface area contributed by atoms with Crippen LogP contribution in [0.25, 0.3) is 0 Å².